The second kappa shape index (κ2) is 7.95. The molecule has 11 heteroatoms. The van der Waals surface area contributed by atoms with Crippen molar-refractivity contribution in [1.82, 2.24) is 9.55 Å². The van der Waals surface area contributed by atoms with E-state index >= 15 is 0 Å². The van der Waals surface area contributed by atoms with Gasteiger partial charge in [-0.15, -0.1) is 0 Å². The zero-order chi connectivity index (χ0) is 23.0. The van der Waals surface area contributed by atoms with Crippen LogP contribution in [0.4, 0.5) is 17.1 Å². The lowest BCUT2D eigenvalue weighted by atomic mass is 10.1. The van der Waals surface area contributed by atoms with Gasteiger partial charge in [0.05, 0.1) is 34.2 Å². The summed E-state index contributed by atoms with van der Waals surface area (Å²) < 4.78 is 6.84. The summed E-state index contributed by atoms with van der Waals surface area (Å²) in [6.45, 7) is 2.01. The molecule has 4 aromatic rings. The summed E-state index contributed by atoms with van der Waals surface area (Å²) >= 11 is 0. The van der Waals surface area contributed by atoms with Crippen LogP contribution in [0.25, 0.3) is 21.8 Å². The molecule has 0 saturated heterocycles. The Morgan fingerprint density at radius 2 is 1.69 bits per heavy atom. The molecule has 0 aliphatic heterocycles. The first kappa shape index (κ1) is 20.7. The molecule has 4 rings (SSSR count). The van der Waals surface area contributed by atoms with Gasteiger partial charge in [-0.2, -0.15) is 0 Å². The molecule has 2 N–H and O–H groups in total. The number of anilines is 1. The summed E-state index contributed by atoms with van der Waals surface area (Å²) in [5.74, 6) is -0.562. The SMILES string of the molecule is CCOC(=O)c1cc2c3cc(N)ccc3n(Cc3cc([N+](=O)[O-])cc([N+](=O)[O-])c3)c2cn1. The zero-order valence-corrected chi connectivity index (χ0v) is 16.8. The van der Waals surface area contributed by atoms with Crippen LogP contribution < -0.4 is 5.73 Å². The van der Waals surface area contributed by atoms with Crippen LogP contribution in [-0.2, 0) is 11.3 Å². The number of ether oxygens (including phenoxy) is 1. The molecule has 0 bridgehead atoms. The molecule has 0 atom stereocenters. The number of pyridine rings is 1. The third-order valence-corrected chi connectivity index (χ3v) is 4.98. The Labute approximate surface area is 180 Å². The van der Waals surface area contributed by atoms with Gasteiger partial charge < -0.3 is 15.0 Å². The second-order valence-electron chi connectivity index (χ2n) is 7.04. The number of nitrogens with two attached hydrogens (primary N) is 1. The maximum absolute atomic E-state index is 12.1. The topological polar surface area (TPSA) is 156 Å². The number of nitro groups is 2. The Balaban J connectivity index is 1.92. The van der Waals surface area contributed by atoms with Gasteiger partial charge in [0.25, 0.3) is 11.4 Å². The van der Waals surface area contributed by atoms with Crippen LogP contribution in [-0.4, -0.2) is 32.0 Å². The van der Waals surface area contributed by atoms with E-state index in [4.69, 9.17) is 10.5 Å². The highest BCUT2D eigenvalue weighted by Crippen LogP contribution is 2.32. The third kappa shape index (κ3) is 3.67. The average molecular weight is 435 g/mol. The molecule has 0 radical (unpaired) electrons. The molecular formula is C21H17N5O6. The Bertz CT molecular complexity index is 1380. The summed E-state index contributed by atoms with van der Waals surface area (Å²) in [6.07, 6.45) is 1.50. The minimum Gasteiger partial charge on any atom is -0.461 e. The van der Waals surface area contributed by atoms with Crippen LogP contribution in [0.15, 0.2) is 48.7 Å². The molecule has 0 amide bonds. The van der Waals surface area contributed by atoms with Crippen molar-refractivity contribution < 1.29 is 19.4 Å². The zero-order valence-electron chi connectivity index (χ0n) is 16.8. The smallest absolute Gasteiger partial charge is 0.356 e. The van der Waals surface area contributed by atoms with Crippen LogP contribution >= 0.6 is 0 Å². The van der Waals surface area contributed by atoms with Crippen molar-refractivity contribution in [3.63, 3.8) is 0 Å². The van der Waals surface area contributed by atoms with Gasteiger partial charge in [0.2, 0.25) is 0 Å². The summed E-state index contributed by atoms with van der Waals surface area (Å²) in [5.41, 5.74) is 7.59. The maximum atomic E-state index is 12.1. The first-order valence-electron chi connectivity index (χ1n) is 9.56. The van der Waals surface area contributed by atoms with E-state index in [0.29, 0.717) is 22.2 Å². The van der Waals surface area contributed by atoms with E-state index in [2.05, 4.69) is 4.98 Å². The second-order valence-corrected chi connectivity index (χ2v) is 7.04. The van der Waals surface area contributed by atoms with Gasteiger partial charge in [0.15, 0.2) is 0 Å². The van der Waals surface area contributed by atoms with Crippen LogP contribution in [0.3, 0.4) is 0 Å². The van der Waals surface area contributed by atoms with E-state index in [0.717, 1.165) is 17.0 Å². The van der Waals surface area contributed by atoms with Crippen LogP contribution in [0, 0.1) is 20.2 Å². The molecule has 0 spiro atoms. The van der Waals surface area contributed by atoms with Crippen LogP contribution in [0.2, 0.25) is 0 Å². The molecule has 2 aromatic carbocycles. The van der Waals surface area contributed by atoms with Crippen LogP contribution in [0.5, 0.6) is 0 Å². The van der Waals surface area contributed by atoms with E-state index in [1.165, 1.54) is 18.3 Å². The predicted molar refractivity (Wildman–Crippen MR) is 116 cm³/mol. The number of hydrogen-bond donors (Lipinski definition) is 1. The molecule has 0 fully saturated rings. The van der Waals surface area contributed by atoms with Crippen molar-refractivity contribution in [3.05, 3.63) is 80.1 Å². The Morgan fingerprint density at radius 1 is 1.03 bits per heavy atom. The molecule has 162 valence electrons. The molecule has 0 aliphatic carbocycles. The van der Waals surface area contributed by atoms with Crippen molar-refractivity contribution in [2.45, 2.75) is 13.5 Å². The number of non-ortho nitro benzene ring substituents is 2. The molecule has 2 heterocycles. The summed E-state index contributed by atoms with van der Waals surface area (Å²) in [5, 5.41) is 23.9. The lowest BCUT2D eigenvalue weighted by molar-refractivity contribution is -0.394. The molecule has 32 heavy (non-hydrogen) atoms. The van der Waals surface area contributed by atoms with Gasteiger partial charge in [-0.1, -0.05) is 0 Å². The fourth-order valence-corrected chi connectivity index (χ4v) is 3.64. The lowest BCUT2D eigenvalue weighted by Crippen LogP contribution is -2.07. The Hall–Kier alpha value is -4.54. The number of carbonyl (C=O) groups is 1. The quantitative estimate of drug-likeness (QED) is 0.207. The average Bonchev–Trinajstić information content (AvgIpc) is 3.05. The van der Waals surface area contributed by atoms with Crippen molar-refractivity contribution >= 4 is 44.8 Å². The van der Waals surface area contributed by atoms with Gasteiger partial charge in [-0.05, 0) is 36.8 Å². The first-order valence-corrected chi connectivity index (χ1v) is 9.56. The van der Waals surface area contributed by atoms with Gasteiger partial charge >= 0.3 is 5.97 Å². The molecule has 0 aliphatic rings. The van der Waals surface area contributed by atoms with Gasteiger partial charge in [0, 0.05) is 40.7 Å². The number of carbonyl (C=O) groups excluding carboxylic acids is 1. The van der Waals surface area contributed by atoms with E-state index in [9.17, 15) is 25.0 Å². The highest BCUT2D eigenvalue weighted by atomic mass is 16.6. The summed E-state index contributed by atoms with van der Waals surface area (Å²) in [6, 6.07) is 10.3. The summed E-state index contributed by atoms with van der Waals surface area (Å²) in [4.78, 5) is 37.5. The van der Waals surface area contributed by atoms with Crippen molar-refractivity contribution in [2.75, 3.05) is 12.3 Å². The van der Waals surface area contributed by atoms with Crippen molar-refractivity contribution in [2.24, 2.45) is 0 Å². The third-order valence-electron chi connectivity index (χ3n) is 4.98. The number of hydrogen-bond acceptors (Lipinski definition) is 8. The lowest BCUT2D eigenvalue weighted by Gasteiger charge is -2.08. The van der Waals surface area contributed by atoms with E-state index < -0.39 is 15.8 Å². The number of nitrogen functional groups attached to an aromatic ring is 1. The van der Waals surface area contributed by atoms with E-state index in [1.54, 1.807) is 31.2 Å². The maximum Gasteiger partial charge on any atom is 0.356 e. The molecule has 0 unspecified atom stereocenters. The minimum absolute atomic E-state index is 0.104. The number of nitrogens with zero attached hydrogens (tertiary/aromatic N) is 4. The minimum atomic E-state index is -0.670. The number of rotatable bonds is 6. The van der Waals surface area contributed by atoms with Crippen molar-refractivity contribution in [1.29, 1.82) is 0 Å². The van der Waals surface area contributed by atoms with E-state index in [1.807, 2.05) is 4.57 Å². The first-order chi connectivity index (χ1) is 15.3. The highest BCUT2D eigenvalue weighted by Gasteiger charge is 2.19. The molecular weight excluding hydrogens is 418 g/mol. The van der Waals surface area contributed by atoms with Gasteiger partial charge in [-0.25, -0.2) is 9.78 Å². The van der Waals surface area contributed by atoms with Crippen LogP contribution in [0.1, 0.15) is 23.0 Å². The van der Waals surface area contributed by atoms with Gasteiger partial charge in [-0.3, -0.25) is 20.2 Å². The Kier molecular flexibility index (Phi) is 5.15. The number of benzene rings is 2. The largest absolute Gasteiger partial charge is 0.461 e. The predicted octanol–water partition coefficient (Wildman–Crippen LogP) is 3.81. The fourth-order valence-electron chi connectivity index (χ4n) is 3.64. The van der Waals surface area contributed by atoms with Gasteiger partial charge in [0.1, 0.15) is 5.69 Å². The normalized spacial score (nSPS) is 11.0. The van der Waals surface area contributed by atoms with E-state index in [-0.39, 0.29) is 30.2 Å². The highest BCUT2D eigenvalue weighted by molar-refractivity contribution is 6.10. The number of esters is 1. The van der Waals surface area contributed by atoms with Crippen molar-refractivity contribution in [3.8, 4) is 0 Å². The fraction of sp³-hybridized carbons (Fsp3) is 0.143. The monoisotopic (exact) mass is 435 g/mol. The summed E-state index contributed by atoms with van der Waals surface area (Å²) in [7, 11) is 0. The number of nitro benzene ring substituents is 2. The molecule has 0 saturated carbocycles. The number of fused-ring (bicyclic) bond motifs is 3. The standard InChI is InChI=1S/C21H17N5O6/c1-2-32-21(27)18-9-17-16-7-13(22)3-4-19(16)24(20(17)10-23-18)11-12-5-14(25(28)29)8-15(6-12)26(30)31/h3-10H,2,11,22H2,1H3. The Morgan fingerprint density at radius 3 is 2.31 bits per heavy atom. The molecule has 11 nitrogen and oxygen atoms in total. The molecule has 2 aromatic heterocycles. The number of aromatic nitrogens is 2.